The number of para-hydroxylation sites is 1. The quantitative estimate of drug-likeness (QED) is 0.799. The van der Waals surface area contributed by atoms with Crippen molar-refractivity contribution < 1.29 is 0 Å². The molecule has 102 valence electrons. The van der Waals surface area contributed by atoms with Gasteiger partial charge in [-0.15, -0.1) is 0 Å². The van der Waals surface area contributed by atoms with Gasteiger partial charge in [-0.3, -0.25) is 0 Å². The van der Waals surface area contributed by atoms with E-state index in [1.54, 1.807) is 6.20 Å². The lowest BCUT2D eigenvalue weighted by Crippen LogP contribution is -2.04. The Labute approximate surface area is 125 Å². The molecule has 0 bridgehead atoms. The summed E-state index contributed by atoms with van der Waals surface area (Å²) >= 11 is 3.55. The van der Waals surface area contributed by atoms with Crippen molar-refractivity contribution in [3.63, 3.8) is 0 Å². The van der Waals surface area contributed by atoms with Crippen LogP contribution in [0.3, 0.4) is 0 Å². The lowest BCUT2D eigenvalue weighted by atomic mass is 10.3. The normalized spacial score (nSPS) is 10.9. The van der Waals surface area contributed by atoms with Gasteiger partial charge in [-0.25, -0.2) is 14.6 Å². The number of aryl methyl sites for hydroxylation is 1. The average Bonchev–Trinajstić information content (AvgIpc) is 2.83. The van der Waals surface area contributed by atoms with E-state index < -0.39 is 0 Å². The van der Waals surface area contributed by atoms with Crippen LogP contribution in [0.5, 0.6) is 0 Å². The zero-order valence-electron chi connectivity index (χ0n) is 11.3. The second-order valence-corrected chi connectivity index (χ2v) is 5.25. The van der Waals surface area contributed by atoms with E-state index in [0.717, 1.165) is 39.4 Å². The summed E-state index contributed by atoms with van der Waals surface area (Å²) in [6.07, 6.45) is 1.80. The van der Waals surface area contributed by atoms with Gasteiger partial charge < -0.3 is 5.32 Å². The van der Waals surface area contributed by atoms with Gasteiger partial charge in [0.1, 0.15) is 11.6 Å². The molecule has 5 nitrogen and oxygen atoms in total. The molecule has 0 saturated heterocycles. The summed E-state index contributed by atoms with van der Waals surface area (Å²) in [6, 6.07) is 7.94. The highest BCUT2D eigenvalue weighted by Gasteiger charge is 2.13. The monoisotopic (exact) mass is 331 g/mol. The van der Waals surface area contributed by atoms with Crippen molar-refractivity contribution >= 4 is 32.8 Å². The first-order chi connectivity index (χ1) is 9.70. The summed E-state index contributed by atoms with van der Waals surface area (Å²) in [7, 11) is 0. The molecule has 1 aromatic carbocycles. The van der Waals surface area contributed by atoms with Crippen LogP contribution in [0.1, 0.15) is 12.7 Å². The van der Waals surface area contributed by atoms with Crippen LogP contribution >= 0.6 is 15.9 Å². The van der Waals surface area contributed by atoms with E-state index in [1.165, 1.54) is 0 Å². The molecule has 20 heavy (non-hydrogen) atoms. The first-order valence-electron chi connectivity index (χ1n) is 6.42. The third kappa shape index (κ3) is 2.16. The third-order valence-corrected chi connectivity index (χ3v) is 3.64. The molecule has 0 unspecified atom stereocenters. The van der Waals surface area contributed by atoms with E-state index in [-0.39, 0.29) is 0 Å². The molecular weight excluding hydrogens is 318 g/mol. The first-order valence-corrected chi connectivity index (χ1v) is 7.21. The maximum Gasteiger partial charge on any atom is 0.168 e. The minimum absolute atomic E-state index is 0.724. The van der Waals surface area contributed by atoms with E-state index in [9.17, 15) is 0 Å². The zero-order chi connectivity index (χ0) is 14.1. The van der Waals surface area contributed by atoms with Gasteiger partial charge in [0.15, 0.2) is 5.65 Å². The number of aromatic nitrogens is 4. The molecule has 0 spiro atoms. The van der Waals surface area contributed by atoms with Gasteiger partial charge in [-0.05, 0) is 41.9 Å². The Bertz CT molecular complexity index is 765. The molecule has 3 aromatic rings. The fourth-order valence-electron chi connectivity index (χ4n) is 2.12. The topological polar surface area (TPSA) is 55.6 Å². The number of benzene rings is 1. The van der Waals surface area contributed by atoms with Crippen LogP contribution in [0.2, 0.25) is 0 Å². The molecule has 1 N–H and O–H groups in total. The summed E-state index contributed by atoms with van der Waals surface area (Å²) in [4.78, 5) is 8.96. The highest BCUT2D eigenvalue weighted by atomic mass is 79.9. The van der Waals surface area contributed by atoms with Crippen molar-refractivity contribution in [1.29, 1.82) is 0 Å². The molecule has 6 heteroatoms. The molecule has 2 aromatic heterocycles. The zero-order valence-corrected chi connectivity index (χ0v) is 12.8. The number of hydrogen-bond acceptors (Lipinski definition) is 4. The predicted molar refractivity (Wildman–Crippen MR) is 83.3 cm³/mol. The molecule has 0 aliphatic heterocycles. The average molecular weight is 332 g/mol. The van der Waals surface area contributed by atoms with Gasteiger partial charge in [-0.1, -0.05) is 12.1 Å². The predicted octanol–water partition coefficient (Wildman–Crippen LogP) is 3.32. The molecule has 3 rings (SSSR count). The molecular formula is C14H14BrN5. The Kier molecular flexibility index (Phi) is 3.40. The van der Waals surface area contributed by atoms with Crippen LogP contribution in [0, 0.1) is 6.92 Å². The van der Waals surface area contributed by atoms with Gasteiger partial charge >= 0.3 is 0 Å². The summed E-state index contributed by atoms with van der Waals surface area (Å²) in [5.74, 6) is 1.55. The van der Waals surface area contributed by atoms with Crippen LogP contribution in [0.25, 0.3) is 16.7 Å². The van der Waals surface area contributed by atoms with Gasteiger partial charge in [0.05, 0.1) is 17.3 Å². The van der Waals surface area contributed by atoms with Gasteiger partial charge in [-0.2, -0.15) is 5.10 Å². The minimum Gasteiger partial charge on any atom is -0.370 e. The molecule has 0 aliphatic rings. The standard InChI is InChI=1S/C14H14BrN5/c1-3-16-13-10-8-17-20(14(10)19-9(2)18-13)12-7-5-4-6-11(12)15/h4-8H,3H2,1-2H3,(H,16,18,19). The number of fused-ring (bicyclic) bond motifs is 1. The number of nitrogens with zero attached hydrogens (tertiary/aromatic N) is 4. The van der Waals surface area contributed by atoms with E-state index in [1.807, 2.05) is 42.8 Å². The number of hydrogen-bond donors (Lipinski definition) is 1. The van der Waals surface area contributed by atoms with Crippen LogP contribution < -0.4 is 5.32 Å². The molecule has 0 amide bonds. The number of halogens is 1. The molecule has 0 atom stereocenters. The van der Waals surface area contributed by atoms with Crippen molar-refractivity contribution in [3.8, 4) is 5.69 Å². The van der Waals surface area contributed by atoms with Gasteiger partial charge in [0.25, 0.3) is 0 Å². The van der Waals surface area contributed by atoms with Crippen LogP contribution in [0.15, 0.2) is 34.9 Å². The summed E-state index contributed by atoms with van der Waals surface area (Å²) in [5, 5.41) is 8.63. The lowest BCUT2D eigenvalue weighted by Gasteiger charge is -2.07. The largest absolute Gasteiger partial charge is 0.370 e. The number of nitrogens with one attached hydrogen (secondary N) is 1. The second-order valence-electron chi connectivity index (χ2n) is 4.39. The van der Waals surface area contributed by atoms with Crippen LogP contribution in [0.4, 0.5) is 5.82 Å². The Morgan fingerprint density at radius 1 is 1.25 bits per heavy atom. The van der Waals surface area contributed by atoms with Crippen molar-refractivity contribution in [2.75, 3.05) is 11.9 Å². The van der Waals surface area contributed by atoms with Gasteiger partial charge in [0.2, 0.25) is 0 Å². The van der Waals surface area contributed by atoms with Crippen LogP contribution in [-0.4, -0.2) is 26.3 Å². The molecule has 0 radical (unpaired) electrons. The van der Waals surface area contributed by atoms with E-state index in [0.29, 0.717) is 0 Å². The Balaban J connectivity index is 2.26. The summed E-state index contributed by atoms with van der Waals surface area (Å²) in [6.45, 7) is 4.74. The highest BCUT2D eigenvalue weighted by molar-refractivity contribution is 9.10. The maximum atomic E-state index is 4.52. The Morgan fingerprint density at radius 2 is 2.05 bits per heavy atom. The van der Waals surface area contributed by atoms with Crippen molar-refractivity contribution in [2.45, 2.75) is 13.8 Å². The second kappa shape index (κ2) is 5.20. The summed E-state index contributed by atoms with van der Waals surface area (Å²) in [5.41, 5.74) is 1.77. The molecule has 0 saturated carbocycles. The van der Waals surface area contributed by atoms with Crippen LogP contribution in [-0.2, 0) is 0 Å². The van der Waals surface area contributed by atoms with E-state index >= 15 is 0 Å². The van der Waals surface area contributed by atoms with Gasteiger partial charge in [0, 0.05) is 11.0 Å². The maximum absolute atomic E-state index is 4.52. The number of anilines is 1. The van der Waals surface area contributed by atoms with Crippen molar-refractivity contribution in [1.82, 2.24) is 19.7 Å². The molecule has 0 aliphatic carbocycles. The molecule has 2 heterocycles. The fourth-order valence-corrected chi connectivity index (χ4v) is 2.57. The Morgan fingerprint density at radius 3 is 2.80 bits per heavy atom. The van der Waals surface area contributed by atoms with E-state index in [2.05, 4.69) is 36.3 Å². The SMILES string of the molecule is CCNc1nc(C)nc2c1cnn2-c1ccccc1Br. The van der Waals surface area contributed by atoms with E-state index in [4.69, 9.17) is 0 Å². The smallest absolute Gasteiger partial charge is 0.168 e. The van der Waals surface area contributed by atoms with Crippen molar-refractivity contribution in [3.05, 3.63) is 40.8 Å². The minimum atomic E-state index is 0.724. The fraction of sp³-hybridized carbons (Fsp3) is 0.214. The highest BCUT2D eigenvalue weighted by Crippen LogP contribution is 2.26. The first kappa shape index (κ1) is 13.1. The summed E-state index contributed by atoms with van der Waals surface area (Å²) < 4.78 is 2.81. The Hall–Kier alpha value is -1.95. The molecule has 0 fully saturated rings. The third-order valence-electron chi connectivity index (χ3n) is 2.97. The lowest BCUT2D eigenvalue weighted by molar-refractivity contribution is 0.885. The number of rotatable bonds is 3. The van der Waals surface area contributed by atoms with Crippen molar-refractivity contribution in [2.24, 2.45) is 0 Å².